The Hall–Kier alpha value is -0.520. The fourth-order valence-corrected chi connectivity index (χ4v) is 2.14. The van der Waals surface area contributed by atoms with Gasteiger partial charge in [0.1, 0.15) is 5.69 Å². The Morgan fingerprint density at radius 3 is 2.50 bits per heavy atom. The van der Waals surface area contributed by atoms with Crippen molar-refractivity contribution in [2.75, 3.05) is 0 Å². The van der Waals surface area contributed by atoms with Crippen molar-refractivity contribution in [3.05, 3.63) is 11.4 Å². The lowest BCUT2D eigenvalue weighted by Crippen LogP contribution is -2.16. The second kappa shape index (κ2) is 6.59. The van der Waals surface area contributed by atoms with Crippen LogP contribution in [0.15, 0.2) is 0 Å². The van der Waals surface area contributed by atoms with E-state index in [1.807, 2.05) is 0 Å². The summed E-state index contributed by atoms with van der Waals surface area (Å²) in [5, 5.41) is 16.2. The van der Waals surface area contributed by atoms with Crippen molar-refractivity contribution in [1.29, 1.82) is 0 Å². The maximum atomic E-state index is 11.0. The van der Waals surface area contributed by atoms with Gasteiger partial charge in [-0.05, 0) is 6.42 Å². The van der Waals surface area contributed by atoms with Gasteiger partial charge in [-0.3, -0.25) is 0 Å². The van der Waals surface area contributed by atoms with Gasteiger partial charge in [-0.15, -0.1) is 5.10 Å². The van der Waals surface area contributed by atoms with Crippen molar-refractivity contribution in [1.82, 2.24) is 15.0 Å². The second-order valence-electron chi connectivity index (χ2n) is 3.87. The molecule has 1 N–H and O–H groups in total. The monoisotopic (exact) mass is 313 g/mol. The topological polar surface area (TPSA) is 68.0 Å². The molecule has 1 rings (SSSR count). The molecule has 18 heavy (non-hydrogen) atoms. The van der Waals surface area contributed by atoms with Crippen LogP contribution in [0.1, 0.15) is 48.8 Å². The molecule has 1 heterocycles. The van der Waals surface area contributed by atoms with Gasteiger partial charge in [-0.2, -0.15) is 0 Å². The molecule has 8 heteroatoms. The molecule has 0 aliphatic heterocycles. The molecule has 0 amide bonds. The van der Waals surface area contributed by atoms with Gasteiger partial charge in [0, 0.05) is 6.54 Å². The molecule has 0 saturated heterocycles. The average Bonchev–Trinajstić information content (AvgIpc) is 2.68. The number of carboxylic acids is 1. The molecule has 0 spiro atoms. The molecule has 1 aromatic rings. The highest BCUT2D eigenvalue weighted by Gasteiger charge is 2.35. The van der Waals surface area contributed by atoms with Crippen LogP contribution < -0.4 is 0 Å². The SMILES string of the molecule is CCCCCCn1nnc(C(=O)O)c1C(Cl)(Cl)Cl. The fourth-order valence-electron chi connectivity index (χ4n) is 1.58. The van der Waals surface area contributed by atoms with E-state index in [0.717, 1.165) is 25.7 Å². The lowest BCUT2D eigenvalue weighted by atomic mass is 10.2. The molecular formula is C10H14Cl3N3O2. The summed E-state index contributed by atoms with van der Waals surface area (Å²) in [7, 11) is 0. The second-order valence-corrected chi connectivity index (χ2v) is 6.15. The van der Waals surface area contributed by atoms with Crippen molar-refractivity contribution >= 4 is 40.8 Å². The van der Waals surface area contributed by atoms with Gasteiger partial charge in [0.15, 0.2) is 5.69 Å². The molecule has 0 radical (unpaired) electrons. The first-order valence-corrected chi connectivity index (χ1v) is 6.75. The number of alkyl halides is 3. The first kappa shape index (κ1) is 15.5. The van der Waals surface area contributed by atoms with Gasteiger partial charge in [0.2, 0.25) is 3.79 Å². The number of hydrogen-bond donors (Lipinski definition) is 1. The highest BCUT2D eigenvalue weighted by atomic mass is 35.6. The standard InChI is InChI=1S/C10H14Cl3N3O2/c1-2-3-4-5-6-16-8(10(11,12)13)7(9(17)18)14-15-16/h2-6H2,1H3,(H,17,18). The van der Waals surface area contributed by atoms with Gasteiger partial charge in [0.05, 0.1) is 0 Å². The molecule has 1 aromatic heterocycles. The van der Waals surface area contributed by atoms with Crippen LogP contribution in [0.3, 0.4) is 0 Å². The number of carbonyl (C=O) groups is 1. The minimum Gasteiger partial charge on any atom is -0.476 e. The number of unbranched alkanes of at least 4 members (excludes halogenated alkanes) is 3. The lowest BCUT2D eigenvalue weighted by Gasteiger charge is -2.13. The molecule has 0 bridgehead atoms. The molecule has 0 atom stereocenters. The molecule has 0 saturated carbocycles. The first-order valence-electron chi connectivity index (χ1n) is 5.62. The predicted octanol–water partition coefficient (Wildman–Crippen LogP) is 3.38. The minimum atomic E-state index is -1.85. The number of aromatic nitrogens is 3. The Labute approximate surface area is 120 Å². The Morgan fingerprint density at radius 2 is 2.00 bits per heavy atom. The van der Waals surface area contributed by atoms with Crippen LogP contribution in [-0.2, 0) is 10.3 Å². The smallest absolute Gasteiger partial charge is 0.358 e. The molecular weight excluding hydrogens is 300 g/mol. The Balaban J connectivity index is 2.88. The number of carboxylic acid groups (broad SMARTS) is 1. The minimum absolute atomic E-state index is 0.0106. The first-order chi connectivity index (χ1) is 8.38. The molecule has 0 unspecified atom stereocenters. The summed E-state index contributed by atoms with van der Waals surface area (Å²) < 4.78 is -0.492. The summed E-state index contributed by atoms with van der Waals surface area (Å²) >= 11 is 17.3. The summed E-state index contributed by atoms with van der Waals surface area (Å²) in [6.07, 6.45) is 4.06. The van der Waals surface area contributed by atoms with Gasteiger partial charge in [-0.25, -0.2) is 9.48 Å². The summed E-state index contributed by atoms with van der Waals surface area (Å²) in [6.45, 7) is 2.59. The van der Waals surface area contributed by atoms with Crippen molar-refractivity contribution in [2.24, 2.45) is 0 Å². The van der Waals surface area contributed by atoms with Gasteiger partial charge in [0.25, 0.3) is 0 Å². The fraction of sp³-hybridized carbons (Fsp3) is 0.700. The van der Waals surface area contributed by atoms with Crippen LogP contribution in [0, 0.1) is 0 Å². The largest absolute Gasteiger partial charge is 0.476 e. The van der Waals surface area contributed by atoms with Crippen LogP contribution in [-0.4, -0.2) is 26.1 Å². The van der Waals surface area contributed by atoms with Gasteiger partial charge < -0.3 is 5.11 Å². The van der Waals surface area contributed by atoms with Crippen LogP contribution in [0.25, 0.3) is 0 Å². The number of aryl methyl sites for hydroxylation is 1. The Bertz CT molecular complexity index is 415. The van der Waals surface area contributed by atoms with Crippen LogP contribution >= 0.6 is 34.8 Å². The van der Waals surface area contributed by atoms with E-state index < -0.39 is 9.76 Å². The van der Waals surface area contributed by atoms with Crippen molar-refractivity contribution in [2.45, 2.75) is 42.9 Å². The molecule has 0 aromatic carbocycles. The van der Waals surface area contributed by atoms with E-state index >= 15 is 0 Å². The zero-order chi connectivity index (χ0) is 13.8. The molecule has 0 aliphatic carbocycles. The number of halogens is 3. The molecule has 102 valence electrons. The van der Waals surface area contributed by atoms with E-state index in [1.54, 1.807) is 0 Å². The third-order valence-corrected chi connectivity index (χ3v) is 2.97. The van der Waals surface area contributed by atoms with Crippen LogP contribution in [0.5, 0.6) is 0 Å². The van der Waals surface area contributed by atoms with Crippen LogP contribution in [0.4, 0.5) is 0 Å². The van der Waals surface area contributed by atoms with E-state index in [4.69, 9.17) is 39.9 Å². The van der Waals surface area contributed by atoms with Gasteiger partial charge >= 0.3 is 5.97 Å². The van der Waals surface area contributed by atoms with Crippen LogP contribution in [0.2, 0.25) is 0 Å². The molecule has 0 aliphatic rings. The number of rotatable bonds is 6. The number of aromatic carboxylic acids is 1. The highest BCUT2D eigenvalue weighted by molar-refractivity contribution is 6.66. The number of nitrogens with zero attached hydrogens (tertiary/aromatic N) is 3. The highest BCUT2D eigenvalue weighted by Crippen LogP contribution is 2.39. The predicted molar refractivity (Wildman–Crippen MR) is 70.4 cm³/mol. The van der Waals surface area contributed by atoms with Crippen molar-refractivity contribution in [3.63, 3.8) is 0 Å². The third kappa shape index (κ3) is 4.00. The third-order valence-electron chi connectivity index (χ3n) is 2.43. The molecule has 5 nitrogen and oxygen atoms in total. The summed E-state index contributed by atoms with van der Waals surface area (Å²) in [5.41, 5.74) is -0.304. The van der Waals surface area contributed by atoms with E-state index in [2.05, 4.69) is 17.2 Å². The normalized spacial score (nSPS) is 11.8. The maximum absolute atomic E-state index is 11.0. The zero-order valence-electron chi connectivity index (χ0n) is 9.87. The quantitative estimate of drug-likeness (QED) is 0.645. The van der Waals surface area contributed by atoms with E-state index in [-0.39, 0.29) is 11.4 Å². The summed E-state index contributed by atoms with van der Waals surface area (Å²) in [5.74, 6) is -1.25. The summed E-state index contributed by atoms with van der Waals surface area (Å²) in [6, 6.07) is 0. The Kier molecular flexibility index (Phi) is 5.69. The lowest BCUT2D eigenvalue weighted by molar-refractivity contribution is 0.0689. The van der Waals surface area contributed by atoms with Crippen molar-refractivity contribution in [3.8, 4) is 0 Å². The Morgan fingerprint density at radius 1 is 1.33 bits per heavy atom. The number of hydrogen-bond acceptors (Lipinski definition) is 3. The maximum Gasteiger partial charge on any atom is 0.358 e. The van der Waals surface area contributed by atoms with E-state index in [0.29, 0.717) is 6.54 Å². The summed E-state index contributed by atoms with van der Waals surface area (Å²) in [4.78, 5) is 11.0. The zero-order valence-corrected chi connectivity index (χ0v) is 12.1. The molecule has 0 fully saturated rings. The van der Waals surface area contributed by atoms with Gasteiger partial charge in [-0.1, -0.05) is 66.2 Å². The van der Waals surface area contributed by atoms with E-state index in [1.165, 1.54) is 4.68 Å². The van der Waals surface area contributed by atoms with Crippen molar-refractivity contribution < 1.29 is 9.90 Å². The van der Waals surface area contributed by atoms with E-state index in [9.17, 15) is 4.79 Å². The average molecular weight is 315 g/mol.